The molecule has 5 aliphatic heterocycles. The highest BCUT2D eigenvalue weighted by Crippen LogP contribution is 2.29. The lowest BCUT2D eigenvalue weighted by Gasteiger charge is -2.39. The number of nitrogens with zero attached hydrogens (tertiary/aromatic N) is 1. The largest absolute Gasteiger partial charge is 0.493 e. The molecule has 0 unspecified atom stereocenters. The monoisotopic (exact) mass is 582 g/mol. The van der Waals surface area contributed by atoms with Gasteiger partial charge in [-0.25, -0.2) is 0 Å². The summed E-state index contributed by atoms with van der Waals surface area (Å²) in [6.45, 7) is 0.921. The second-order valence-corrected chi connectivity index (χ2v) is 10.8. The maximum absolute atomic E-state index is 13.5. The predicted octanol–water partition coefficient (Wildman–Crippen LogP) is 3.60. The summed E-state index contributed by atoms with van der Waals surface area (Å²) in [4.78, 5) is 44.0. The number of aromatic nitrogens is 1. The Hall–Kier alpha value is -4.99. The molecule has 5 aliphatic rings. The van der Waals surface area contributed by atoms with Gasteiger partial charge in [-0.2, -0.15) is 0 Å². The van der Waals surface area contributed by atoms with Crippen molar-refractivity contribution in [3.63, 3.8) is 0 Å². The Bertz CT molecular complexity index is 1630. The number of carbonyl (C=O) groups excluding carboxylic acids is 3. The summed E-state index contributed by atoms with van der Waals surface area (Å²) in [7, 11) is 1.53. The molecule has 0 saturated carbocycles. The number of benzene rings is 3. The van der Waals surface area contributed by atoms with Gasteiger partial charge in [0.1, 0.15) is 11.9 Å². The number of fused-ring (bicyclic) bond motifs is 1. The maximum atomic E-state index is 13.5. The van der Waals surface area contributed by atoms with Crippen LogP contribution in [0.4, 0.5) is 0 Å². The number of H-pyrrole nitrogens is 1. The highest BCUT2D eigenvalue weighted by Gasteiger charge is 2.34. The van der Waals surface area contributed by atoms with Crippen LogP contribution in [0.2, 0.25) is 0 Å². The quantitative estimate of drug-likeness (QED) is 0.332. The third kappa shape index (κ3) is 6.58. The van der Waals surface area contributed by atoms with Crippen LogP contribution in [0, 0.1) is 0 Å². The van der Waals surface area contributed by atoms with Gasteiger partial charge in [-0.15, -0.1) is 0 Å². The molecule has 43 heavy (non-hydrogen) atoms. The third-order valence-electron chi connectivity index (χ3n) is 7.91. The number of likely N-dealkylation sites (tertiary alicyclic amines) is 1. The van der Waals surface area contributed by atoms with Crippen LogP contribution < -0.4 is 24.8 Å². The summed E-state index contributed by atoms with van der Waals surface area (Å²) in [5, 5.41) is 6.98. The summed E-state index contributed by atoms with van der Waals surface area (Å²) in [5.41, 5.74) is 3.42. The van der Waals surface area contributed by atoms with E-state index in [1.165, 1.54) is 7.11 Å². The molecule has 9 rings (SSSR count). The van der Waals surface area contributed by atoms with E-state index in [1.807, 2.05) is 66.9 Å². The minimum absolute atomic E-state index is 0.0529. The molecule has 4 bridgehead atoms. The molecule has 222 valence electrons. The number of amides is 3. The van der Waals surface area contributed by atoms with Gasteiger partial charge in [0.05, 0.1) is 13.2 Å². The molecule has 6 heterocycles. The summed E-state index contributed by atoms with van der Waals surface area (Å²) in [5.74, 6) is 1.06. The minimum atomic E-state index is -0.473. The molecule has 2 atom stereocenters. The van der Waals surface area contributed by atoms with E-state index in [9.17, 15) is 14.4 Å². The first-order chi connectivity index (χ1) is 20.9. The van der Waals surface area contributed by atoms with Gasteiger partial charge in [-0.1, -0.05) is 18.2 Å². The number of methoxy groups -OCH3 is 1. The lowest BCUT2D eigenvalue weighted by Crippen LogP contribution is -2.58. The Morgan fingerprint density at radius 2 is 1.79 bits per heavy atom. The highest BCUT2D eigenvalue weighted by molar-refractivity contribution is 5.98. The lowest BCUT2D eigenvalue weighted by atomic mass is 10.00. The van der Waals surface area contributed by atoms with Gasteiger partial charge >= 0.3 is 0 Å². The number of piperidine rings is 1. The van der Waals surface area contributed by atoms with Crippen LogP contribution in [0.3, 0.4) is 0 Å². The van der Waals surface area contributed by atoms with Crippen molar-refractivity contribution in [2.24, 2.45) is 0 Å². The van der Waals surface area contributed by atoms with Crippen LogP contribution in [0.15, 0.2) is 72.9 Å². The number of hydrogen-bond donors (Lipinski definition) is 3. The topological polar surface area (TPSA) is 122 Å². The van der Waals surface area contributed by atoms with Crippen LogP contribution in [-0.2, 0) is 22.6 Å². The van der Waals surface area contributed by atoms with Gasteiger partial charge in [-0.3, -0.25) is 14.4 Å². The minimum Gasteiger partial charge on any atom is -0.493 e. The second kappa shape index (κ2) is 12.5. The van der Waals surface area contributed by atoms with Crippen LogP contribution >= 0.6 is 0 Å². The van der Waals surface area contributed by atoms with Crippen LogP contribution in [0.1, 0.15) is 34.3 Å². The smallest absolute Gasteiger partial charge is 0.258 e. The molecule has 10 nitrogen and oxygen atoms in total. The molecule has 0 spiro atoms. The van der Waals surface area contributed by atoms with E-state index in [2.05, 4.69) is 15.6 Å². The number of hydrogen-bond acceptors (Lipinski definition) is 6. The van der Waals surface area contributed by atoms with Gasteiger partial charge in [-0.05, 0) is 66.1 Å². The van der Waals surface area contributed by atoms with Crippen molar-refractivity contribution in [3.05, 3.63) is 89.6 Å². The SMILES string of the molecule is COc1cc2ccc1OCC(=O)N[C@@H]1CN(C(=O)c3ccc4[nH]ccc4c3)CC[C@H]1Oc1ccc(cc1)CNC(=O)CC2. The van der Waals surface area contributed by atoms with Crippen LogP contribution in [-0.4, -0.2) is 66.6 Å². The fraction of sp³-hybridized carbons (Fsp3) is 0.303. The Labute approximate surface area is 249 Å². The number of ether oxygens (including phenoxy) is 3. The molecule has 3 amide bonds. The zero-order valence-corrected chi connectivity index (χ0v) is 23.9. The van der Waals surface area contributed by atoms with Crippen LogP contribution in [0.5, 0.6) is 17.2 Å². The van der Waals surface area contributed by atoms with E-state index in [0.717, 1.165) is 22.0 Å². The van der Waals surface area contributed by atoms with Crippen molar-refractivity contribution >= 4 is 28.6 Å². The number of nitrogens with one attached hydrogen (secondary N) is 3. The molecule has 0 radical (unpaired) electrons. The highest BCUT2D eigenvalue weighted by atomic mass is 16.5. The molecule has 3 aromatic carbocycles. The average molecular weight is 583 g/mol. The Kier molecular flexibility index (Phi) is 8.17. The third-order valence-corrected chi connectivity index (χ3v) is 7.91. The van der Waals surface area contributed by atoms with E-state index < -0.39 is 6.04 Å². The van der Waals surface area contributed by atoms with Crippen molar-refractivity contribution in [3.8, 4) is 17.2 Å². The number of rotatable bonds is 2. The van der Waals surface area contributed by atoms with E-state index in [1.54, 1.807) is 11.0 Å². The number of carbonyl (C=O) groups is 3. The molecule has 4 aromatic rings. The summed E-state index contributed by atoms with van der Waals surface area (Å²) >= 11 is 0. The van der Waals surface area contributed by atoms with Gasteiger partial charge in [0.25, 0.3) is 11.8 Å². The van der Waals surface area contributed by atoms with Crippen LogP contribution in [0.25, 0.3) is 10.9 Å². The van der Waals surface area contributed by atoms with Gasteiger partial charge in [0.2, 0.25) is 5.91 Å². The normalized spacial score (nSPS) is 19.5. The Morgan fingerprint density at radius 3 is 2.63 bits per heavy atom. The Morgan fingerprint density at radius 1 is 0.953 bits per heavy atom. The summed E-state index contributed by atoms with van der Waals surface area (Å²) in [6.07, 6.45) is 2.86. The van der Waals surface area contributed by atoms with E-state index in [0.29, 0.717) is 55.2 Å². The lowest BCUT2D eigenvalue weighted by molar-refractivity contribution is -0.125. The first-order valence-corrected chi connectivity index (χ1v) is 14.4. The number of aryl methyl sites for hydroxylation is 1. The average Bonchev–Trinajstić information content (AvgIpc) is 3.51. The zero-order valence-electron chi connectivity index (χ0n) is 23.9. The van der Waals surface area contributed by atoms with Gasteiger partial charge < -0.3 is 34.7 Å². The molecular weight excluding hydrogens is 548 g/mol. The fourth-order valence-corrected chi connectivity index (χ4v) is 5.55. The van der Waals surface area contributed by atoms with Gasteiger partial charge in [0, 0.05) is 55.1 Å². The standard InChI is InChI=1S/C33H34N4O6/c1-41-30-16-21-4-10-29(30)42-20-32(39)36-27-19-37(33(40)24-6-9-26-23(17-24)12-14-34-26)15-13-28(27)43-25-7-2-22(3-8-25)18-35-31(38)11-5-21/h2-4,6-10,12,14,16-17,27-28,34H,5,11,13,15,18-20H2,1H3,(H,35,38)(H,36,39)/t27-,28-/m1/s1. The maximum Gasteiger partial charge on any atom is 0.258 e. The molecule has 1 fully saturated rings. The molecule has 1 aromatic heterocycles. The molecule has 10 heteroatoms. The second-order valence-electron chi connectivity index (χ2n) is 10.8. The first-order valence-electron chi connectivity index (χ1n) is 14.4. The molecule has 0 aliphatic carbocycles. The van der Waals surface area contributed by atoms with Crippen molar-refractivity contribution in [2.75, 3.05) is 26.8 Å². The summed E-state index contributed by atoms with van der Waals surface area (Å²) in [6, 6.07) is 20.0. The van der Waals surface area contributed by atoms with Crippen molar-refractivity contribution in [1.29, 1.82) is 0 Å². The molecule has 3 N–H and O–H groups in total. The van der Waals surface area contributed by atoms with Gasteiger partial charge in [0.15, 0.2) is 18.1 Å². The zero-order chi connectivity index (χ0) is 29.8. The van der Waals surface area contributed by atoms with Crippen molar-refractivity contribution in [2.45, 2.75) is 38.0 Å². The molecule has 1 saturated heterocycles. The van der Waals surface area contributed by atoms with E-state index in [-0.39, 0.29) is 37.0 Å². The Balaban J connectivity index is 1.23. The fourth-order valence-electron chi connectivity index (χ4n) is 5.55. The van der Waals surface area contributed by atoms with E-state index in [4.69, 9.17) is 14.2 Å². The summed E-state index contributed by atoms with van der Waals surface area (Å²) < 4.78 is 17.7. The predicted molar refractivity (Wildman–Crippen MR) is 160 cm³/mol. The number of aromatic amines is 1. The van der Waals surface area contributed by atoms with Crippen molar-refractivity contribution in [1.82, 2.24) is 20.5 Å². The van der Waals surface area contributed by atoms with Crippen molar-refractivity contribution < 1.29 is 28.6 Å². The van der Waals surface area contributed by atoms with E-state index >= 15 is 0 Å². The molecular formula is C33H34N4O6. The first kappa shape index (κ1) is 28.1.